The minimum atomic E-state index is -0.712. The number of carbonyl (C=O) groups is 2. The zero-order valence-electron chi connectivity index (χ0n) is 14.9. The van der Waals surface area contributed by atoms with Crippen molar-refractivity contribution in [1.29, 1.82) is 0 Å². The molecule has 0 aromatic rings. The van der Waals surface area contributed by atoms with Crippen LogP contribution in [0.5, 0.6) is 0 Å². The minimum Gasteiger partial charge on any atom is -0.481 e. The van der Waals surface area contributed by atoms with Crippen LogP contribution in [-0.2, 0) is 14.3 Å². The minimum absolute atomic E-state index is 0.0771. The highest BCUT2D eigenvalue weighted by molar-refractivity contribution is 5.85. The maximum absolute atomic E-state index is 11.9. The van der Waals surface area contributed by atoms with Crippen LogP contribution in [0.4, 0.5) is 0 Å². The van der Waals surface area contributed by atoms with E-state index in [1.807, 2.05) is 6.92 Å². The number of aliphatic carboxylic acids is 1. The highest BCUT2D eigenvalue weighted by Crippen LogP contribution is 2.58. The summed E-state index contributed by atoms with van der Waals surface area (Å²) >= 11 is 0. The Bertz CT molecular complexity index is 617. The molecule has 0 spiro atoms. The van der Waals surface area contributed by atoms with E-state index in [1.165, 1.54) is 0 Å². The maximum atomic E-state index is 11.9. The smallest absolute Gasteiger partial charge is 0.331 e. The summed E-state index contributed by atoms with van der Waals surface area (Å²) in [4.78, 5) is 23.2. The molecular formula is C20H28O4. The lowest BCUT2D eigenvalue weighted by Gasteiger charge is -2.52. The number of rotatable bonds is 4. The number of carboxylic acid groups (broad SMARTS) is 1. The fourth-order valence-corrected chi connectivity index (χ4v) is 4.95. The van der Waals surface area contributed by atoms with Crippen molar-refractivity contribution in [1.82, 2.24) is 0 Å². The van der Waals surface area contributed by atoms with Crippen molar-refractivity contribution in [3.8, 4) is 0 Å². The Morgan fingerprint density at radius 2 is 2.17 bits per heavy atom. The molecule has 0 aromatic carbocycles. The van der Waals surface area contributed by atoms with Gasteiger partial charge in [0.15, 0.2) is 0 Å². The normalized spacial score (nSPS) is 38.9. The average Bonchev–Trinajstić information content (AvgIpc) is 2.95. The lowest BCUT2D eigenvalue weighted by molar-refractivity contribution is -0.148. The third-order valence-electron chi connectivity index (χ3n) is 6.97. The molecule has 4 nitrogen and oxygen atoms in total. The molecule has 24 heavy (non-hydrogen) atoms. The van der Waals surface area contributed by atoms with E-state index >= 15 is 0 Å². The molecule has 1 fully saturated rings. The lowest BCUT2D eigenvalue weighted by atomic mass is 9.51. The molecule has 0 bridgehead atoms. The molecule has 3 rings (SSSR count). The predicted octanol–water partition coefficient (Wildman–Crippen LogP) is 4.11. The van der Waals surface area contributed by atoms with E-state index in [0.717, 1.165) is 49.7 Å². The Hall–Kier alpha value is -1.58. The standard InChI is InChI=1S/C20H28O4/c1-13-6-7-16-15(5-4-9-20(16,3)18(22)23)19(13,2)10-8-14-11-17(21)24-12-14/h7,11,13,15H,4-6,8-10,12H2,1-3H3,(H,22,23)/t13-,15+,19+,20+/m0/s1. The van der Waals surface area contributed by atoms with Gasteiger partial charge in [-0.15, -0.1) is 0 Å². The first kappa shape index (κ1) is 17.2. The first-order valence-electron chi connectivity index (χ1n) is 9.07. The Labute approximate surface area is 144 Å². The summed E-state index contributed by atoms with van der Waals surface area (Å²) in [7, 11) is 0. The molecule has 4 heteroatoms. The summed E-state index contributed by atoms with van der Waals surface area (Å²) < 4.78 is 5.02. The van der Waals surface area contributed by atoms with E-state index in [9.17, 15) is 14.7 Å². The lowest BCUT2D eigenvalue weighted by Crippen LogP contribution is -2.46. The van der Waals surface area contributed by atoms with Crippen LogP contribution in [0.25, 0.3) is 0 Å². The molecule has 1 N–H and O–H groups in total. The number of ether oxygens (including phenoxy) is 1. The third kappa shape index (κ3) is 2.70. The number of fused-ring (bicyclic) bond motifs is 1. The number of hydrogen-bond acceptors (Lipinski definition) is 3. The average molecular weight is 332 g/mol. The van der Waals surface area contributed by atoms with Crippen molar-refractivity contribution < 1.29 is 19.4 Å². The number of hydrogen-bond donors (Lipinski definition) is 1. The molecule has 1 heterocycles. The largest absolute Gasteiger partial charge is 0.481 e. The Morgan fingerprint density at radius 3 is 2.79 bits per heavy atom. The topological polar surface area (TPSA) is 63.6 Å². The number of cyclic esters (lactones) is 1. The van der Waals surface area contributed by atoms with Crippen LogP contribution in [-0.4, -0.2) is 23.7 Å². The molecule has 0 radical (unpaired) electrons. The van der Waals surface area contributed by atoms with Gasteiger partial charge in [-0.3, -0.25) is 4.79 Å². The van der Waals surface area contributed by atoms with Crippen LogP contribution in [0.15, 0.2) is 23.3 Å². The van der Waals surface area contributed by atoms with Gasteiger partial charge in [0, 0.05) is 6.08 Å². The molecule has 0 aromatic heterocycles. The Balaban J connectivity index is 1.85. The summed E-state index contributed by atoms with van der Waals surface area (Å²) in [5.74, 6) is -0.0767. The zero-order valence-corrected chi connectivity index (χ0v) is 14.9. The predicted molar refractivity (Wildman–Crippen MR) is 91.3 cm³/mol. The number of allylic oxidation sites excluding steroid dienone is 1. The third-order valence-corrected chi connectivity index (χ3v) is 6.97. The fourth-order valence-electron chi connectivity index (χ4n) is 4.95. The zero-order chi connectivity index (χ0) is 17.5. The molecule has 3 aliphatic rings. The van der Waals surface area contributed by atoms with Crippen molar-refractivity contribution in [3.05, 3.63) is 23.3 Å². The molecule has 1 saturated carbocycles. The van der Waals surface area contributed by atoms with Crippen molar-refractivity contribution in [3.63, 3.8) is 0 Å². The highest BCUT2D eigenvalue weighted by atomic mass is 16.5. The molecule has 0 saturated heterocycles. The number of carboxylic acids is 1. The van der Waals surface area contributed by atoms with Gasteiger partial charge in [-0.1, -0.05) is 31.9 Å². The van der Waals surface area contributed by atoms with Gasteiger partial charge in [0.25, 0.3) is 0 Å². The van der Waals surface area contributed by atoms with E-state index in [0.29, 0.717) is 18.4 Å². The van der Waals surface area contributed by atoms with Crippen molar-refractivity contribution in [2.75, 3.05) is 6.61 Å². The summed E-state index contributed by atoms with van der Waals surface area (Å²) in [6.45, 7) is 6.92. The molecule has 4 atom stereocenters. The van der Waals surface area contributed by atoms with E-state index in [1.54, 1.807) is 6.08 Å². The summed E-state index contributed by atoms with van der Waals surface area (Å²) in [6.07, 6.45) is 9.40. The van der Waals surface area contributed by atoms with E-state index in [-0.39, 0.29) is 11.4 Å². The van der Waals surface area contributed by atoms with Gasteiger partial charge in [-0.2, -0.15) is 0 Å². The van der Waals surface area contributed by atoms with Gasteiger partial charge < -0.3 is 9.84 Å². The molecule has 1 aliphatic heterocycles. The molecular weight excluding hydrogens is 304 g/mol. The van der Waals surface area contributed by atoms with Gasteiger partial charge in [0.1, 0.15) is 6.61 Å². The van der Waals surface area contributed by atoms with Crippen molar-refractivity contribution >= 4 is 11.9 Å². The maximum Gasteiger partial charge on any atom is 0.331 e. The molecule has 0 unspecified atom stereocenters. The SMILES string of the molecule is C[C@H]1CC=C2[C@@H](CCC[C@@]2(C)C(=O)O)[C@]1(C)CCC1=CC(=O)OC1. The van der Waals surface area contributed by atoms with Crippen LogP contribution in [0, 0.1) is 22.7 Å². The first-order valence-corrected chi connectivity index (χ1v) is 9.07. The monoisotopic (exact) mass is 332 g/mol. The van der Waals surface area contributed by atoms with Crippen LogP contribution >= 0.6 is 0 Å². The van der Waals surface area contributed by atoms with Gasteiger partial charge in [0.2, 0.25) is 0 Å². The molecule has 132 valence electrons. The summed E-state index contributed by atoms with van der Waals surface area (Å²) in [6, 6.07) is 0. The van der Waals surface area contributed by atoms with E-state index in [4.69, 9.17) is 4.74 Å². The molecule has 0 amide bonds. The Kier molecular flexibility index (Phi) is 4.35. The van der Waals surface area contributed by atoms with Crippen molar-refractivity contribution in [2.24, 2.45) is 22.7 Å². The van der Waals surface area contributed by atoms with Crippen LogP contribution < -0.4 is 0 Å². The van der Waals surface area contributed by atoms with E-state index < -0.39 is 11.4 Å². The summed E-state index contributed by atoms with van der Waals surface area (Å²) in [5.41, 5.74) is 1.58. The van der Waals surface area contributed by atoms with Gasteiger partial charge >= 0.3 is 11.9 Å². The van der Waals surface area contributed by atoms with Crippen LogP contribution in [0.1, 0.15) is 59.3 Å². The number of esters is 1. The van der Waals surface area contributed by atoms with E-state index in [2.05, 4.69) is 19.9 Å². The second kappa shape index (κ2) is 6.05. The quantitative estimate of drug-likeness (QED) is 0.621. The highest BCUT2D eigenvalue weighted by Gasteiger charge is 2.52. The number of carbonyl (C=O) groups excluding carboxylic acids is 1. The molecule has 2 aliphatic carbocycles. The van der Waals surface area contributed by atoms with Gasteiger partial charge in [-0.05, 0) is 61.9 Å². The Morgan fingerprint density at radius 1 is 1.42 bits per heavy atom. The van der Waals surface area contributed by atoms with Crippen LogP contribution in [0.3, 0.4) is 0 Å². The van der Waals surface area contributed by atoms with Crippen LogP contribution in [0.2, 0.25) is 0 Å². The van der Waals surface area contributed by atoms with Crippen molar-refractivity contribution in [2.45, 2.75) is 59.3 Å². The first-order chi connectivity index (χ1) is 11.3. The summed E-state index contributed by atoms with van der Waals surface area (Å²) in [5, 5.41) is 9.80. The second-order valence-electron chi connectivity index (χ2n) is 8.29. The van der Waals surface area contributed by atoms with Gasteiger partial charge in [0.05, 0.1) is 5.41 Å². The second-order valence-corrected chi connectivity index (χ2v) is 8.29. The van der Waals surface area contributed by atoms with Gasteiger partial charge in [-0.25, -0.2) is 4.79 Å². The fraction of sp³-hybridized carbons (Fsp3) is 0.700.